The van der Waals surface area contributed by atoms with E-state index < -0.39 is 0 Å². The van der Waals surface area contributed by atoms with Crippen LogP contribution in [0.2, 0.25) is 0 Å². The first-order valence-corrected chi connectivity index (χ1v) is 11.9. The summed E-state index contributed by atoms with van der Waals surface area (Å²) in [6, 6.07) is 12.7. The Bertz CT molecular complexity index is 919. The third-order valence-corrected chi connectivity index (χ3v) is 7.65. The SMILES string of the molecule is CN(C)c1nc2sc(C(=O)N3CCCN(CCCc4ccccc4)CC3)cc2s1. The van der Waals surface area contributed by atoms with Gasteiger partial charge in [-0.25, -0.2) is 4.98 Å². The van der Waals surface area contributed by atoms with Crippen LogP contribution >= 0.6 is 22.7 Å². The molecule has 0 radical (unpaired) electrons. The van der Waals surface area contributed by atoms with Crippen LogP contribution in [0.15, 0.2) is 36.4 Å². The molecular formula is C22H28N4OS2. The number of anilines is 1. The highest BCUT2D eigenvalue weighted by molar-refractivity contribution is 7.29. The molecule has 0 N–H and O–H groups in total. The van der Waals surface area contributed by atoms with E-state index in [1.807, 2.05) is 30.0 Å². The van der Waals surface area contributed by atoms with Crippen molar-refractivity contribution < 1.29 is 4.79 Å². The van der Waals surface area contributed by atoms with Gasteiger partial charge in [-0.2, -0.15) is 0 Å². The van der Waals surface area contributed by atoms with E-state index in [9.17, 15) is 4.79 Å². The predicted octanol–water partition coefficient (Wildman–Crippen LogP) is 4.20. The molecule has 1 aromatic carbocycles. The number of aryl methyl sites for hydroxylation is 1. The summed E-state index contributed by atoms with van der Waals surface area (Å²) in [6.45, 7) is 4.79. The summed E-state index contributed by atoms with van der Waals surface area (Å²) in [5.74, 6) is 0.165. The second-order valence-electron chi connectivity index (χ2n) is 7.75. The molecule has 7 heteroatoms. The largest absolute Gasteiger partial charge is 0.354 e. The van der Waals surface area contributed by atoms with Crippen LogP contribution in [0.5, 0.6) is 0 Å². The van der Waals surface area contributed by atoms with Crippen LogP contribution in [0.1, 0.15) is 28.1 Å². The van der Waals surface area contributed by atoms with E-state index >= 15 is 0 Å². The smallest absolute Gasteiger partial charge is 0.264 e. The van der Waals surface area contributed by atoms with E-state index in [0.717, 1.165) is 65.1 Å². The van der Waals surface area contributed by atoms with Gasteiger partial charge in [0.1, 0.15) is 4.83 Å². The second kappa shape index (κ2) is 9.24. The second-order valence-corrected chi connectivity index (χ2v) is 9.79. The number of carbonyl (C=O) groups is 1. The molecule has 5 nitrogen and oxygen atoms in total. The Morgan fingerprint density at radius 1 is 1.10 bits per heavy atom. The lowest BCUT2D eigenvalue weighted by Gasteiger charge is -2.21. The lowest BCUT2D eigenvalue weighted by molar-refractivity contribution is 0.0766. The zero-order valence-electron chi connectivity index (χ0n) is 17.1. The minimum absolute atomic E-state index is 0.165. The minimum Gasteiger partial charge on any atom is -0.354 e. The van der Waals surface area contributed by atoms with Gasteiger partial charge in [0.15, 0.2) is 5.13 Å². The molecule has 3 heterocycles. The first-order chi connectivity index (χ1) is 14.1. The minimum atomic E-state index is 0.165. The Morgan fingerprint density at radius 2 is 1.93 bits per heavy atom. The highest BCUT2D eigenvalue weighted by Crippen LogP contribution is 2.34. The van der Waals surface area contributed by atoms with Crippen molar-refractivity contribution in [1.29, 1.82) is 0 Å². The quantitative estimate of drug-likeness (QED) is 0.590. The summed E-state index contributed by atoms with van der Waals surface area (Å²) in [6.07, 6.45) is 3.33. The molecule has 0 saturated carbocycles. The topological polar surface area (TPSA) is 39.7 Å². The lowest BCUT2D eigenvalue weighted by atomic mass is 10.1. The number of nitrogens with zero attached hydrogens (tertiary/aromatic N) is 4. The van der Waals surface area contributed by atoms with Gasteiger partial charge in [-0.3, -0.25) is 4.79 Å². The average molecular weight is 429 g/mol. The third-order valence-electron chi connectivity index (χ3n) is 5.33. The van der Waals surface area contributed by atoms with E-state index in [1.165, 1.54) is 23.3 Å². The van der Waals surface area contributed by atoms with Crippen molar-refractivity contribution >= 4 is 43.2 Å². The normalized spacial score (nSPS) is 15.6. The fourth-order valence-corrected chi connectivity index (χ4v) is 5.83. The van der Waals surface area contributed by atoms with Crippen LogP contribution in [-0.2, 0) is 6.42 Å². The number of thiazole rings is 1. The van der Waals surface area contributed by atoms with Gasteiger partial charge < -0.3 is 14.7 Å². The van der Waals surface area contributed by atoms with Crippen LogP contribution in [0.3, 0.4) is 0 Å². The van der Waals surface area contributed by atoms with Crippen molar-refractivity contribution in [2.24, 2.45) is 0 Å². The first kappa shape index (κ1) is 20.3. The summed E-state index contributed by atoms with van der Waals surface area (Å²) < 4.78 is 1.11. The van der Waals surface area contributed by atoms with Crippen molar-refractivity contribution in [2.45, 2.75) is 19.3 Å². The molecule has 0 unspecified atom stereocenters. The van der Waals surface area contributed by atoms with Crippen molar-refractivity contribution in [2.75, 3.05) is 51.7 Å². The maximum absolute atomic E-state index is 13.0. The molecule has 0 spiro atoms. The molecule has 1 amide bonds. The molecule has 4 rings (SSSR count). The summed E-state index contributed by atoms with van der Waals surface area (Å²) in [5, 5.41) is 0.992. The monoisotopic (exact) mass is 428 g/mol. The van der Waals surface area contributed by atoms with Crippen molar-refractivity contribution in [3.63, 3.8) is 0 Å². The van der Waals surface area contributed by atoms with Gasteiger partial charge in [0, 0.05) is 33.7 Å². The first-order valence-electron chi connectivity index (χ1n) is 10.2. The van der Waals surface area contributed by atoms with E-state index in [4.69, 9.17) is 0 Å². The Balaban J connectivity index is 1.30. The van der Waals surface area contributed by atoms with Gasteiger partial charge in [-0.1, -0.05) is 41.7 Å². The molecule has 0 bridgehead atoms. The molecule has 1 aliphatic heterocycles. The summed E-state index contributed by atoms with van der Waals surface area (Å²) in [7, 11) is 3.99. The van der Waals surface area contributed by atoms with E-state index in [2.05, 4.69) is 40.2 Å². The Hall–Kier alpha value is -1.96. The Kier molecular flexibility index (Phi) is 6.47. The zero-order valence-corrected chi connectivity index (χ0v) is 18.8. The van der Waals surface area contributed by atoms with Crippen molar-refractivity contribution in [3.8, 4) is 0 Å². The molecule has 154 valence electrons. The van der Waals surface area contributed by atoms with Crippen molar-refractivity contribution in [1.82, 2.24) is 14.8 Å². The molecule has 3 aromatic rings. The van der Waals surface area contributed by atoms with Crippen LogP contribution in [0.25, 0.3) is 9.53 Å². The number of amides is 1. The fraction of sp³-hybridized carbons (Fsp3) is 0.455. The van der Waals surface area contributed by atoms with E-state index in [0.29, 0.717) is 0 Å². The predicted molar refractivity (Wildman–Crippen MR) is 124 cm³/mol. The standard InChI is InChI=1S/C22H28N4OS2/c1-24(2)22-23-20-18(29-22)16-19(28-20)21(27)26-13-7-12-25(14-15-26)11-6-10-17-8-4-3-5-9-17/h3-5,8-9,16H,6-7,10-15H2,1-2H3. The molecule has 2 aromatic heterocycles. The van der Waals surface area contributed by atoms with Gasteiger partial charge in [-0.15, -0.1) is 11.3 Å². The van der Waals surface area contributed by atoms with Gasteiger partial charge >= 0.3 is 0 Å². The highest BCUT2D eigenvalue weighted by atomic mass is 32.1. The molecule has 0 atom stereocenters. The number of fused-ring (bicyclic) bond motifs is 1. The number of hydrogen-bond donors (Lipinski definition) is 0. The maximum Gasteiger partial charge on any atom is 0.264 e. The number of thiophene rings is 1. The molecular weight excluding hydrogens is 400 g/mol. The van der Waals surface area contributed by atoms with E-state index in [1.54, 1.807) is 11.3 Å². The molecule has 0 aliphatic carbocycles. The average Bonchev–Trinajstić information content (AvgIpc) is 3.21. The van der Waals surface area contributed by atoms with Gasteiger partial charge in [0.25, 0.3) is 5.91 Å². The van der Waals surface area contributed by atoms with Crippen LogP contribution in [0, 0.1) is 0 Å². The summed E-state index contributed by atoms with van der Waals surface area (Å²) in [4.78, 5) is 26.0. The Morgan fingerprint density at radius 3 is 2.69 bits per heavy atom. The fourth-order valence-electron chi connectivity index (χ4n) is 3.73. The van der Waals surface area contributed by atoms with Crippen LogP contribution in [-0.4, -0.2) is 67.5 Å². The Labute approximate surface area is 180 Å². The van der Waals surface area contributed by atoms with Gasteiger partial charge in [0.05, 0.1) is 9.58 Å². The molecule has 1 aliphatic rings. The van der Waals surface area contributed by atoms with Gasteiger partial charge in [-0.05, 0) is 44.0 Å². The van der Waals surface area contributed by atoms with Crippen molar-refractivity contribution in [3.05, 3.63) is 46.8 Å². The zero-order chi connectivity index (χ0) is 20.2. The number of aromatic nitrogens is 1. The summed E-state index contributed by atoms with van der Waals surface area (Å²) in [5.41, 5.74) is 1.41. The number of rotatable bonds is 6. The third kappa shape index (κ3) is 4.97. The van der Waals surface area contributed by atoms with Crippen LogP contribution in [0.4, 0.5) is 5.13 Å². The maximum atomic E-state index is 13.0. The summed E-state index contributed by atoms with van der Waals surface area (Å²) >= 11 is 3.17. The number of hydrogen-bond acceptors (Lipinski definition) is 6. The van der Waals surface area contributed by atoms with E-state index in [-0.39, 0.29) is 5.91 Å². The number of carbonyl (C=O) groups excluding carboxylic acids is 1. The molecule has 29 heavy (non-hydrogen) atoms. The van der Waals surface area contributed by atoms with Gasteiger partial charge in [0.2, 0.25) is 0 Å². The number of benzene rings is 1. The highest BCUT2D eigenvalue weighted by Gasteiger charge is 2.23. The van der Waals surface area contributed by atoms with Crippen LogP contribution < -0.4 is 4.90 Å². The lowest BCUT2D eigenvalue weighted by Crippen LogP contribution is -2.35. The molecule has 1 fully saturated rings. The molecule has 1 saturated heterocycles.